The van der Waals surface area contributed by atoms with Gasteiger partial charge in [-0.15, -0.1) is 34.0 Å². The molecule has 6 nitrogen and oxygen atoms in total. The minimum absolute atomic E-state index is 0.215. The van der Waals surface area contributed by atoms with Crippen molar-refractivity contribution in [2.45, 2.75) is 18.1 Å². The van der Waals surface area contributed by atoms with Crippen LogP contribution < -0.4 is 5.32 Å². The van der Waals surface area contributed by atoms with E-state index in [1.807, 2.05) is 19.2 Å². The van der Waals surface area contributed by atoms with Gasteiger partial charge in [0.05, 0.1) is 12.2 Å². The Kier molecular flexibility index (Phi) is 5.58. The van der Waals surface area contributed by atoms with Crippen molar-refractivity contribution in [2.75, 3.05) is 18.9 Å². The maximum atomic E-state index is 12.4. The van der Waals surface area contributed by atoms with E-state index in [1.165, 1.54) is 34.2 Å². The molecule has 3 heterocycles. The molecule has 0 aromatic carbocycles. The molecular formula is C16H17N3O3S4. The highest BCUT2D eigenvalue weighted by Gasteiger charge is 2.24. The molecule has 10 heteroatoms. The van der Waals surface area contributed by atoms with Crippen LogP contribution in [0.25, 0.3) is 11.3 Å². The summed E-state index contributed by atoms with van der Waals surface area (Å²) in [6, 6.07) is 5.26. The average molecular weight is 428 g/mol. The fraction of sp³-hybridized carbons (Fsp3) is 0.250. The topological polar surface area (TPSA) is 79.4 Å². The van der Waals surface area contributed by atoms with Crippen LogP contribution in [0, 0.1) is 13.8 Å². The van der Waals surface area contributed by atoms with E-state index in [9.17, 15) is 13.2 Å². The van der Waals surface area contributed by atoms with Gasteiger partial charge in [-0.2, -0.15) is 4.31 Å². The molecule has 0 atom stereocenters. The molecule has 0 aliphatic rings. The van der Waals surface area contributed by atoms with Crippen LogP contribution in [0.1, 0.15) is 9.75 Å². The number of likely N-dealkylation sites (N-methyl/N-ethyl adjacent to an activating group) is 1. The van der Waals surface area contributed by atoms with Gasteiger partial charge in [0, 0.05) is 27.7 Å². The van der Waals surface area contributed by atoms with E-state index < -0.39 is 15.9 Å². The average Bonchev–Trinajstić information content (AvgIpc) is 3.28. The summed E-state index contributed by atoms with van der Waals surface area (Å²) in [4.78, 5) is 19.0. The molecule has 138 valence electrons. The Morgan fingerprint density at radius 2 is 2.08 bits per heavy atom. The molecule has 1 N–H and O–H groups in total. The number of thiophene rings is 2. The van der Waals surface area contributed by atoms with E-state index in [0.29, 0.717) is 5.13 Å². The molecule has 0 aliphatic carbocycles. The number of hydrogen-bond donors (Lipinski definition) is 1. The Bertz CT molecular complexity index is 1020. The highest BCUT2D eigenvalue weighted by Crippen LogP contribution is 2.32. The standard InChI is InChI=1S/C16H17N3O3S4/c1-10-7-12(11(2)25-10)13-9-24-16(17-13)18-14(20)8-19(3)26(21,22)15-5-4-6-23-15/h4-7,9H,8H2,1-3H3,(H,17,18,20). The number of thiazole rings is 1. The Morgan fingerprint density at radius 1 is 1.31 bits per heavy atom. The smallest absolute Gasteiger partial charge is 0.252 e. The summed E-state index contributed by atoms with van der Waals surface area (Å²) in [5, 5.41) is 6.70. The highest BCUT2D eigenvalue weighted by atomic mass is 32.2. The number of amides is 1. The minimum Gasteiger partial charge on any atom is -0.301 e. The van der Waals surface area contributed by atoms with Crippen molar-refractivity contribution in [3.8, 4) is 11.3 Å². The van der Waals surface area contributed by atoms with Crippen LogP contribution in [0.5, 0.6) is 0 Å². The Balaban J connectivity index is 1.66. The number of nitrogens with zero attached hydrogens (tertiary/aromatic N) is 2. The van der Waals surface area contributed by atoms with Crippen LogP contribution in [0.2, 0.25) is 0 Å². The van der Waals surface area contributed by atoms with E-state index in [1.54, 1.807) is 22.8 Å². The van der Waals surface area contributed by atoms with Crippen molar-refractivity contribution < 1.29 is 13.2 Å². The monoisotopic (exact) mass is 427 g/mol. The van der Waals surface area contributed by atoms with Crippen LogP contribution in [-0.4, -0.2) is 37.2 Å². The van der Waals surface area contributed by atoms with Crippen LogP contribution in [0.4, 0.5) is 5.13 Å². The molecule has 0 unspecified atom stereocenters. The molecule has 0 saturated carbocycles. The summed E-state index contributed by atoms with van der Waals surface area (Å²) in [6.45, 7) is 3.81. The van der Waals surface area contributed by atoms with Crippen molar-refractivity contribution >= 4 is 55.1 Å². The lowest BCUT2D eigenvalue weighted by molar-refractivity contribution is -0.116. The number of rotatable bonds is 6. The first-order valence-electron chi connectivity index (χ1n) is 7.60. The number of nitrogens with one attached hydrogen (secondary N) is 1. The van der Waals surface area contributed by atoms with Gasteiger partial charge in [-0.25, -0.2) is 13.4 Å². The predicted molar refractivity (Wildman–Crippen MR) is 108 cm³/mol. The Morgan fingerprint density at radius 3 is 2.69 bits per heavy atom. The van der Waals surface area contributed by atoms with E-state index >= 15 is 0 Å². The third-order valence-corrected chi connectivity index (χ3v) is 8.49. The third-order valence-electron chi connectivity index (χ3n) is 3.59. The zero-order valence-electron chi connectivity index (χ0n) is 14.3. The molecule has 0 fully saturated rings. The zero-order chi connectivity index (χ0) is 18.9. The van der Waals surface area contributed by atoms with Gasteiger partial charge in [0.15, 0.2) is 5.13 Å². The SMILES string of the molecule is Cc1cc(-c2csc(NC(=O)CN(C)S(=O)(=O)c3cccs3)n2)c(C)s1. The predicted octanol–water partition coefficient (Wildman–Crippen LogP) is 3.81. The first-order chi connectivity index (χ1) is 12.3. The van der Waals surface area contributed by atoms with E-state index in [2.05, 4.69) is 16.4 Å². The number of anilines is 1. The summed E-state index contributed by atoms with van der Waals surface area (Å²) >= 11 is 4.14. The maximum absolute atomic E-state index is 12.4. The first kappa shape index (κ1) is 19.2. The lowest BCUT2D eigenvalue weighted by atomic mass is 10.2. The number of aryl methyl sites for hydroxylation is 2. The van der Waals surface area contributed by atoms with Crippen molar-refractivity contribution in [3.63, 3.8) is 0 Å². The molecule has 0 bridgehead atoms. The summed E-state index contributed by atoms with van der Waals surface area (Å²) in [5.74, 6) is -0.424. The van der Waals surface area contributed by atoms with Gasteiger partial charge >= 0.3 is 0 Å². The van der Waals surface area contributed by atoms with Crippen molar-refractivity contribution in [3.05, 3.63) is 38.7 Å². The van der Waals surface area contributed by atoms with Gasteiger partial charge in [-0.3, -0.25) is 4.79 Å². The molecule has 3 rings (SSSR count). The first-order valence-corrected chi connectivity index (χ1v) is 11.6. The number of carbonyl (C=O) groups excluding carboxylic acids is 1. The molecule has 3 aromatic heterocycles. The lowest BCUT2D eigenvalue weighted by Crippen LogP contribution is -2.34. The minimum atomic E-state index is -3.65. The number of hydrogen-bond acceptors (Lipinski definition) is 7. The van der Waals surface area contributed by atoms with Crippen molar-refractivity contribution in [1.29, 1.82) is 0 Å². The highest BCUT2D eigenvalue weighted by molar-refractivity contribution is 7.91. The van der Waals surface area contributed by atoms with Gasteiger partial charge in [0.1, 0.15) is 4.21 Å². The van der Waals surface area contributed by atoms with Crippen LogP contribution in [0.3, 0.4) is 0 Å². The van der Waals surface area contributed by atoms with Gasteiger partial charge in [0.2, 0.25) is 5.91 Å². The van der Waals surface area contributed by atoms with Gasteiger partial charge < -0.3 is 5.32 Å². The molecular weight excluding hydrogens is 410 g/mol. The van der Waals surface area contributed by atoms with Crippen molar-refractivity contribution in [2.24, 2.45) is 0 Å². The van der Waals surface area contributed by atoms with E-state index in [-0.39, 0.29) is 10.8 Å². The molecule has 26 heavy (non-hydrogen) atoms. The maximum Gasteiger partial charge on any atom is 0.252 e. The molecule has 0 spiro atoms. The van der Waals surface area contributed by atoms with Crippen LogP contribution in [-0.2, 0) is 14.8 Å². The van der Waals surface area contributed by atoms with E-state index in [4.69, 9.17) is 0 Å². The van der Waals surface area contributed by atoms with Crippen LogP contribution >= 0.6 is 34.0 Å². The summed E-state index contributed by atoms with van der Waals surface area (Å²) in [7, 11) is -2.26. The fourth-order valence-corrected chi connectivity index (χ4v) is 6.34. The Labute approximate surface area is 164 Å². The second-order valence-corrected chi connectivity index (χ2v) is 11.1. The largest absolute Gasteiger partial charge is 0.301 e. The fourth-order valence-electron chi connectivity index (χ4n) is 2.35. The molecule has 1 amide bonds. The van der Waals surface area contributed by atoms with Crippen LogP contribution in [0.15, 0.2) is 33.2 Å². The summed E-state index contributed by atoms with van der Waals surface area (Å²) in [6.07, 6.45) is 0. The molecule has 0 radical (unpaired) electrons. The van der Waals surface area contributed by atoms with E-state index in [0.717, 1.165) is 26.9 Å². The van der Waals surface area contributed by atoms with Gasteiger partial charge in [-0.05, 0) is 31.4 Å². The van der Waals surface area contributed by atoms with Crippen molar-refractivity contribution in [1.82, 2.24) is 9.29 Å². The zero-order valence-corrected chi connectivity index (χ0v) is 17.6. The molecule has 0 saturated heterocycles. The number of aromatic nitrogens is 1. The van der Waals surface area contributed by atoms with Gasteiger partial charge in [-0.1, -0.05) is 6.07 Å². The quantitative estimate of drug-likeness (QED) is 0.649. The number of carbonyl (C=O) groups is 1. The number of sulfonamides is 1. The lowest BCUT2D eigenvalue weighted by Gasteiger charge is -2.14. The second kappa shape index (κ2) is 7.57. The summed E-state index contributed by atoms with van der Waals surface area (Å²) in [5.41, 5.74) is 1.87. The normalized spacial score (nSPS) is 11.8. The third kappa shape index (κ3) is 4.04. The Hall–Kier alpha value is -1.59. The second-order valence-electron chi connectivity index (χ2n) is 5.61. The summed E-state index contributed by atoms with van der Waals surface area (Å²) < 4.78 is 26.0. The van der Waals surface area contributed by atoms with Gasteiger partial charge in [0.25, 0.3) is 10.0 Å². The molecule has 0 aliphatic heterocycles. The molecule has 3 aromatic rings.